The molecule has 0 spiro atoms. The van der Waals surface area contributed by atoms with E-state index >= 15 is 0 Å². The highest BCUT2D eigenvalue weighted by atomic mass is 32.2. The zero-order valence-corrected chi connectivity index (χ0v) is 11.3. The molecule has 2 aromatic heterocycles. The van der Waals surface area contributed by atoms with Crippen LogP contribution >= 0.6 is 11.3 Å². The van der Waals surface area contributed by atoms with Crippen molar-refractivity contribution in [3.05, 3.63) is 42.2 Å². The van der Waals surface area contributed by atoms with E-state index in [-0.39, 0.29) is 0 Å². The van der Waals surface area contributed by atoms with Crippen molar-refractivity contribution in [2.24, 2.45) is 0 Å². The van der Waals surface area contributed by atoms with Crippen LogP contribution in [0.4, 0.5) is 0 Å². The van der Waals surface area contributed by atoms with Crippen LogP contribution in [0.1, 0.15) is 0 Å². The summed E-state index contributed by atoms with van der Waals surface area (Å²) in [5, 5.41) is 0. The van der Waals surface area contributed by atoms with Crippen LogP contribution < -0.4 is 0 Å². The van der Waals surface area contributed by atoms with Gasteiger partial charge in [-0.15, -0.1) is 11.3 Å². The number of benzene rings is 1. The smallest absolute Gasteiger partial charge is 0.0812 e. The van der Waals surface area contributed by atoms with Gasteiger partial charge in [0.05, 0.1) is 31.4 Å². The van der Waals surface area contributed by atoms with Crippen molar-refractivity contribution in [2.75, 3.05) is 6.26 Å². The number of pyridine rings is 1. The Morgan fingerprint density at radius 1 is 1.17 bits per heavy atom. The van der Waals surface area contributed by atoms with Crippen LogP contribution in [-0.2, 0) is 10.8 Å². The van der Waals surface area contributed by atoms with Gasteiger partial charge in [-0.2, -0.15) is 0 Å². The molecular formula is C13H10N2OS2. The lowest BCUT2D eigenvalue weighted by molar-refractivity contribution is 0.686. The Morgan fingerprint density at radius 3 is 2.89 bits per heavy atom. The minimum absolute atomic E-state index is 0.747. The van der Waals surface area contributed by atoms with E-state index in [0.29, 0.717) is 0 Å². The van der Waals surface area contributed by atoms with E-state index in [1.165, 1.54) is 0 Å². The first-order valence-electron chi connectivity index (χ1n) is 5.36. The first-order valence-corrected chi connectivity index (χ1v) is 7.80. The molecule has 1 unspecified atom stereocenters. The number of fused-ring (bicyclic) bond motifs is 1. The van der Waals surface area contributed by atoms with Crippen LogP contribution in [0.5, 0.6) is 0 Å². The highest BCUT2D eigenvalue weighted by Crippen LogP contribution is 2.26. The molecule has 0 fully saturated rings. The largest absolute Gasteiger partial charge is 0.263 e. The van der Waals surface area contributed by atoms with Gasteiger partial charge in [-0.1, -0.05) is 6.07 Å². The van der Waals surface area contributed by atoms with Gasteiger partial charge in [0, 0.05) is 24.2 Å². The molecule has 1 aromatic carbocycles. The number of nitrogens with zero attached hydrogens (tertiary/aromatic N) is 2. The molecule has 18 heavy (non-hydrogen) atoms. The van der Waals surface area contributed by atoms with E-state index in [0.717, 1.165) is 26.2 Å². The van der Waals surface area contributed by atoms with Gasteiger partial charge >= 0.3 is 0 Å². The molecule has 90 valence electrons. The first-order chi connectivity index (χ1) is 8.74. The van der Waals surface area contributed by atoms with E-state index < -0.39 is 10.8 Å². The predicted molar refractivity (Wildman–Crippen MR) is 75.2 cm³/mol. The second-order valence-electron chi connectivity index (χ2n) is 3.90. The van der Waals surface area contributed by atoms with Crippen molar-refractivity contribution in [1.29, 1.82) is 0 Å². The molecule has 0 amide bonds. The summed E-state index contributed by atoms with van der Waals surface area (Å²) in [5.74, 6) is 0. The molecule has 3 nitrogen and oxygen atoms in total. The Labute approximate surface area is 111 Å². The van der Waals surface area contributed by atoms with Gasteiger partial charge in [0.25, 0.3) is 0 Å². The van der Waals surface area contributed by atoms with Crippen molar-refractivity contribution in [1.82, 2.24) is 9.97 Å². The van der Waals surface area contributed by atoms with Gasteiger partial charge in [-0.05, 0) is 23.8 Å². The minimum atomic E-state index is -1.00. The quantitative estimate of drug-likeness (QED) is 0.721. The molecule has 3 aromatic rings. The lowest BCUT2D eigenvalue weighted by Gasteiger charge is -2.03. The number of hydrogen-bond acceptors (Lipinski definition) is 4. The Morgan fingerprint density at radius 2 is 2.06 bits per heavy atom. The topological polar surface area (TPSA) is 42.9 Å². The summed E-state index contributed by atoms with van der Waals surface area (Å²) in [4.78, 5) is 9.15. The van der Waals surface area contributed by atoms with Gasteiger partial charge in [0.1, 0.15) is 0 Å². The van der Waals surface area contributed by atoms with E-state index in [1.807, 2.05) is 23.7 Å². The van der Waals surface area contributed by atoms with Gasteiger partial charge in [0.2, 0.25) is 0 Å². The molecule has 3 rings (SSSR count). The van der Waals surface area contributed by atoms with Crippen molar-refractivity contribution < 1.29 is 4.21 Å². The second-order valence-corrected chi connectivity index (χ2v) is 6.16. The first kappa shape index (κ1) is 11.5. The summed E-state index contributed by atoms with van der Waals surface area (Å²) in [5.41, 5.74) is 4.90. The van der Waals surface area contributed by atoms with E-state index in [9.17, 15) is 4.21 Å². The van der Waals surface area contributed by atoms with Gasteiger partial charge in [-0.25, -0.2) is 4.98 Å². The molecule has 0 radical (unpaired) electrons. The van der Waals surface area contributed by atoms with Crippen molar-refractivity contribution in [3.8, 4) is 11.1 Å². The average Bonchev–Trinajstić information content (AvgIpc) is 2.86. The lowest BCUT2D eigenvalue weighted by atomic mass is 10.1. The molecule has 0 saturated carbocycles. The maximum atomic E-state index is 11.5. The summed E-state index contributed by atoms with van der Waals surface area (Å²) in [6, 6.07) is 8.02. The third-order valence-electron chi connectivity index (χ3n) is 2.71. The summed E-state index contributed by atoms with van der Waals surface area (Å²) < 4.78 is 12.6. The molecule has 0 aliphatic heterocycles. The van der Waals surface area contributed by atoms with Crippen LogP contribution in [0, 0.1) is 0 Å². The Kier molecular flexibility index (Phi) is 2.93. The Bertz CT molecular complexity index is 736. The molecule has 0 aliphatic carbocycles. The minimum Gasteiger partial charge on any atom is -0.263 e. The molecule has 5 heteroatoms. The molecular weight excluding hydrogens is 264 g/mol. The average molecular weight is 274 g/mol. The summed E-state index contributed by atoms with van der Waals surface area (Å²) in [7, 11) is -1.00. The van der Waals surface area contributed by atoms with Gasteiger partial charge in [-0.3, -0.25) is 9.19 Å². The summed E-state index contributed by atoms with van der Waals surface area (Å²) in [6.07, 6.45) is 5.09. The highest BCUT2D eigenvalue weighted by Gasteiger charge is 2.04. The lowest BCUT2D eigenvalue weighted by Crippen LogP contribution is -1.90. The van der Waals surface area contributed by atoms with Gasteiger partial charge < -0.3 is 0 Å². The standard InChI is InChI=1S/C13H10N2OS2/c1-18(16)11-4-10(6-14-7-11)9-2-3-12-13(5-9)17-8-15-12/h2-8H,1H3. The zero-order valence-electron chi connectivity index (χ0n) is 9.66. The van der Waals surface area contributed by atoms with E-state index in [4.69, 9.17) is 0 Å². The molecule has 0 saturated heterocycles. The summed E-state index contributed by atoms with van der Waals surface area (Å²) in [6.45, 7) is 0. The molecule has 0 aliphatic rings. The van der Waals surface area contributed by atoms with Crippen molar-refractivity contribution in [2.45, 2.75) is 4.90 Å². The summed E-state index contributed by atoms with van der Waals surface area (Å²) >= 11 is 1.62. The van der Waals surface area contributed by atoms with Crippen molar-refractivity contribution >= 4 is 32.4 Å². The monoisotopic (exact) mass is 274 g/mol. The third kappa shape index (κ3) is 2.07. The number of aromatic nitrogens is 2. The number of thiazole rings is 1. The second kappa shape index (κ2) is 4.59. The number of hydrogen-bond donors (Lipinski definition) is 0. The highest BCUT2D eigenvalue weighted by molar-refractivity contribution is 7.84. The van der Waals surface area contributed by atoms with Crippen LogP contribution in [-0.4, -0.2) is 20.4 Å². The van der Waals surface area contributed by atoms with Crippen LogP contribution in [0.2, 0.25) is 0 Å². The fraction of sp³-hybridized carbons (Fsp3) is 0.0769. The Balaban J connectivity index is 2.13. The maximum absolute atomic E-state index is 11.5. The number of rotatable bonds is 2. The molecule has 0 bridgehead atoms. The van der Waals surface area contributed by atoms with Gasteiger partial charge in [0.15, 0.2) is 0 Å². The maximum Gasteiger partial charge on any atom is 0.0812 e. The molecule has 0 N–H and O–H groups in total. The predicted octanol–water partition coefficient (Wildman–Crippen LogP) is 3.10. The van der Waals surface area contributed by atoms with Crippen LogP contribution in [0.25, 0.3) is 21.3 Å². The van der Waals surface area contributed by atoms with Crippen LogP contribution in [0.3, 0.4) is 0 Å². The Hall–Kier alpha value is -1.59. The van der Waals surface area contributed by atoms with E-state index in [2.05, 4.69) is 16.0 Å². The van der Waals surface area contributed by atoms with Crippen molar-refractivity contribution in [3.63, 3.8) is 0 Å². The zero-order chi connectivity index (χ0) is 12.5. The fourth-order valence-corrected chi connectivity index (χ4v) is 2.99. The fourth-order valence-electron chi connectivity index (χ4n) is 1.77. The SMILES string of the molecule is CS(=O)c1cncc(-c2ccc3ncsc3c2)c1. The van der Waals surface area contributed by atoms with Crippen LogP contribution in [0.15, 0.2) is 47.1 Å². The molecule has 1 atom stereocenters. The van der Waals surface area contributed by atoms with E-state index in [1.54, 1.807) is 30.0 Å². The molecule has 2 heterocycles. The normalized spacial score (nSPS) is 12.7. The third-order valence-corrected chi connectivity index (χ3v) is 4.39.